The van der Waals surface area contributed by atoms with Crippen LogP contribution in [0.25, 0.3) is 0 Å². The minimum Gasteiger partial charge on any atom is -0.490 e. The van der Waals surface area contributed by atoms with Crippen LogP contribution in [-0.2, 0) is 6.42 Å². The molecule has 1 aromatic heterocycles. The highest BCUT2D eigenvalue weighted by Crippen LogP contribution is 2.30. The molecule has 1 aliphatic rings. The first-order chi connectivity index (χ1) is 17.3. The van der Waals surface area contributed by atoms with Crippen molar-refractivity contribution in [1.82, 2.24) is 14.9 Å². The van der Waals surface area contributed by atoms with Gasteiger partial charge in [-0.15, -0.1) is 0 Å². The van der Waals surface area contributed by atoms with Crippen molar-refractivity contribution in [1.29, 1.82) is 0 Å². The zero-order valence-corrected chi connectivity index (χ0v) is 20.1. The van der Waals surface area contributed by atoms with Crippen LogP contribution in [0.1, 0.15) is 35.9 Å². The molecule has 2 aromatic carbocycles. The van der Waals surface area contributed by atoms with Gasteiger partial charge in [-0.2, -0.15) is 4.98 Å². The molecule has 36 heavy (non-hydrogen) atoms. The molecule has 188 valence electrons. The molecule has 3 N–H and O–H groups in total. The number of primary amides is 1. The molecule has 0 radical (unpaired) electrons. The number of likely N-dealkylation sites (tertiary alicyclic amines) is 1. The number of nitrogens with one attached hydrogen (secondary N) is 1. The van der Waals surface area contributed by atoms with Gasteiger partial charge in [-0.05, 0) is 56.6 Å². The number of nitrogens with zero attached hydrogens (tertiary/aromatic N) is 4. The van der Waals surface area contributed by atoms with Gasteiger partial charge in [0, 0.05) is 24.8 Å². The van der Waals surface area contributed by atoms with Gasteiger partial charge >= 0.3 is 0 Å². The molecule has 11 heteroatoms. The fourth-order valence-electron chi connectivity index (χ4n) is 3.85. The second-order valence-corrected chi connectivity index (χ2v) is 8.52. The van der Waals surface area contributed by atoms with E-state index in [0.717, 1.165) is 31.7 Å². The largest absolute Gasteiger partial charge is 0.490 e. The third-order valence-corrected chi connectivity index (χ3v) is 5.83. The Hall–Kier alpha value is -4.25. The Morgan fingerprint density at radius 2 is 1.89 bits per heavy atom. The Bertz CT molecular complexity index is 1240. The number of aryl methyl sites for hydroxylation is 1. The van der Waals surface area contributed by atoms with E-state index in [1.54, 1.807) is 6.07 Å². The summed E-state index contributed by atoms with van der Waals surface area (Å²) in [4.78, 5) is 33.8. The van der Waals surface area contributed by atoms with Crippen molar-refractivity contribution in [3.05, 3.63) is 70.0 Å². The number of hydrogen-bond donors (Lipinski definition) is 2. The minimum atomic E-state index is -0.746. The summed E-state index contributed by atoms with van der Waals surface area (Å²) in [5, 5.41) is 14.2. The lowest BCUT2D eigenvalue weighted by atomic mass is 10.1. The third-order valence-electron chi connectivity index (χ3n) is 5.83. The number of carbonyl (C=O) groups is 1. The summed E-state index contributed by atoms with van der Waals surface area (Å²) < 4.78 is 11.9. The Morgan fingerprint density at radius 3 is 2.53 bits per heavy atom. The Morgan fingerprint density at radius 1 is 1.17 bits per heavy atom. The van der Waals surface area contributed by atoms with Gasteiger partial charge in [0.1, 0.15) is 23.3 Å². The van der Waals surface area contributed by atoms with E-state index in [9.17, 15) is 14.9 Å². The predicted molar refractivity (Wildman–Crippen MR) is 134 cm³/mol. The first-order valence-corrected chi connectivity index (χ1v) is 11.7. The lowest BCUT2D eigenvalue weighted by molar-refractivity contribution is -0.384. The van der Waals surface area contributed by atoms with Crippen molar-refractivity contribution in [2.75, 3.05) is 25.5 Å². The SMILES string of the molecule is CCc1nc(C(N)=O)c(Nc2ccc(OC3CCN(C)CC3)cc2)nc1Oc1cccc([N+](=O)[O-])c1. The van der Waals surface area contributed by atoms with Crippen LogP contribution in [0.4, 0.5) is 17.2 Å². The predicted octanol–water partition coefficient (Wildman–Crippen LogP) is 4.06. The summed E-state index contributed by atoms with van der Waals surface area (Å²) in [7, 11) is 2.10. The van der Waals surface area contributed by atoms with Gasteiger partial charge in [0.15, 0.2) is 11.5 Å². The summed E-state index contributed by atoms with van der Waals surface area (Å²) in [6, 6.07) is 13.1. The van der Waals surface area contributed by atoms with E-state index in [4.69, 9.17) is 15.2 Å². The van der Waals surface area contributed by atoms with E-state index in [1.165, 1.54) is 18.2 Å². The molecule has 0 unspecified atom stereocenters. The van der Waals surface area contributed by atoms with Crippen LogP contribution in [-0.4, -0.2) is 51.9 Å². The topological polar surface area (TPSA) is 146 Å². The summed E-state index contributed by atoms with van der Waals surface area (Å²) in [5.74, 6) is 0.467. The van der Waals surface area contributed by atoms with Gasteiger partial charge in [0.05, 0.1) is 11.0 Å². The van der Waals surface area contributed by atoms with Crippen molar-refractivity contribution in [3.8, 4) is 17.4 Å². The number of nitro groups is 1. The Labute approximate surface area is 208 Å². The van der Waals surface area contributed by atoms with Gasteiger partial charge in [-0.25, -0.2) is 4.98 Å². The smallest absolute Gasteiger partial charge is 0.273 e. The molecule has 0 atom stereocenters. The highest BCUT2D eigenvalue weighted by atomic mass is 16.6. The average molecular weight is 493 g/mol. The summed E-state index contributed by atoms with van der Waals surface area (Å²) >= 11 is 0. The highest BCUT2D eigenvalue weighted by Gasteiger charge is 2.20. The van der Waals surface area contributed by atoms with Crippen LogP contribution >= 0.6 is 0 Å². The molecule has 1 aliphatic heterocycles. The van der Waals surface area contributed by atoms with Crippen LogP contribution < -0.4 is 20.5 Å². The number of hydrogen-bond acceptors (Lipinski definition) is 9. The molecule has 1 fully saturated rings. The number of benzene rings is 2. The van der Waals surface area contributed by atoms with Gasteiger partial charge in [-0.3, -0.25) is 14.9 Å². The molecule has 0 spiro atoms. The average Bonchev–Trinajstić information content (AvgIpc) is 2.87. The molecule has 0 saturated carbocycles. The molecule has 1 saturated heterocycles. The number of ether oxygens (including phenoxy) is 2. The normalized spacial score (nSPS) is 14.3. The summed E-state index contributed by atoms with van der Waals surface area (Å²) in [5.41, 5.74) is 6.45. The van der Waals surface area contributed by atoms with Crippen molar-refractivity contribution >= 4 is 23.1 Å². The molecular formula is C25H28N6O5. The van der Waals surface area contributed by atoms with Crippen molar-refractivity contribution in [2.24, 2.45) is 5.73 Å². The Kier molecular flexibility index (Phi) is 7.59. The van der Waals surface area contributed by atoms with Crippen LogP contribution in [0.5, 0.6) is 17.4 Å². The molecule has 0 aliphatic carbocycles. The molecule has 3 aromatic rings. The molecular weight excluding hydrogens is 464 g/mol. The fraction of sp³-hybridized carbons (Fsp3) is 0.320. The number of anilines is 2. The number of amides is 1. The van der Waals surface area contributed by atoms with Crippen LogP contribution in [0, 0.1) is 10.1 Å². The van der Waals surface area contributed by atoms with Gasteiger partial charge < -0.3 is 25.4 Å². The first kappa shape index (κ1) is 24.9. The van der Waals surface area contributed by atoms with Crippen molar-refractivity contribution < 1.29 is 19.2 Å². The van der Waals surface area contributed by atoms with Crippen LogP contribution in [0.15, 0.2) is 48.5 Å². The number of piperidine rings is 1. The summed E-state index contributed by atoms with van der Waals surface area (Å²) in [6.45, 7) is 3.84. The van der Waals surface area contributed by atoms with Gasteiger partial charge in [-0.1, -0.05) is 13.0 Å². The highest BCUT2D eigenvalue weighted by molar-refractivity contribution is 5.96. The molecule has 4 rings (SSSR count). The Balaban J connectivity index is 1.55. The number of rotatable bonds is 9. The van der Waals surface area contributed by atoms with E-state index < -0.39 is 10.8 Å². The summed E-state index contributed by atoms with van der Waals surface area (Å²) in [6.07, 6.45) is 2.54. The van der Waals surface area contributed by atoms with Crippen LogP contribution in [0.2, 0.25) is 0 Å². The number of nitrogens with two attached hydrogens (primary N) is 1. The second-order valence-electron chi connectivity index (χ2n) is 8.52. The maximum atomic E-state index is 12.1. The third kappa shape index (κ3) is 6.05. The monoisotopic (exact) mass is 492 g/mol. The van der Waals surface area contributed by atoms with Crippen molar-refractivity contribution in [2.45, 2.75) is 32.3 Å². The molecule has 11 nitrogen and oxygen atoms in total. The standard InChI is InChI=1S/C25H28N6O5/c1-3-21-25(36-20-6-4-5-17(15-20)31(33)34)29-24(22(28-21)23(26)32)27-16-7-9-18(10-8-16)35-19-11-13-30(2)14-12-19/h4-10,15,19H,3,11-14H2,1-2H3,(H2,26,32)(H,27,29). The zero-order valence-electron chi connectivity index (χ0n) is 20.1. The molecule has 0 bridgehead atoms. The maximum Gasteiger partial charge on any atom is 0.273 e. The number of aromatic nitrogens is 2. The quantitative estimate of drug-likeness (QED) is 0.333. The lowest BCUT2D eigenvalue weighted by Gasteiger charge is -2.29. The number of nitro benzene ring substituents is 1. The zero-order chi connectivity index (χ0) is 25.7. The van der Waals surface area contributed by atoms with Gasteiger partial charge in [0.25, 0.3) is 11.6 Å². The van der Waals surface area contributed by atoms with E-state index in [0.29, 0.717) is 17.8 Å². The van der Waals surface area contributed by atoms with E-state index in [1.807, 2.05) is 31.2 Å². The van der Waals surface area contributed by atoms with E-state index in [2.05, 4.69) is 27.2 Å². The number of carbonyl (C=O) groups excluding carboxylic acids is 1. The minimum absolute atomic E-state index is 0.0371. The van der Waals surface area contributed by atoms with Crippen LogP contribution in [0.3, 0.4) is 0 Å². The molecule has 2 heterocycles. The van der Waals surface area contributed by atoms with E-state index >= 15 is 0 Å². The lowest BCUT2D eigenvalue weighted by Crippen LogP contribution is -2.35. The maximum absolute atomic E-state index is 12.1. The van der Waals surface area contributed by atoms with Crippen molar-refractivity contribution in [3.63, 3.8) is 0 Å². The first-order valence-electron chi connectivity index (χ1n) is 11.7. The van der Waals surface area contributed by atoms with Gasteiger partial charge in [0.2, 0.25) is 5.88 Å². The second kappa shape index (κ2) is 11.0. The fourth-order valence-corrected chi connectivity index (χ4v) is 3.85. The van der Waals surface area contributed by atoms with E-state index in [-0.39, 0.29) is 34.9 Å². The number of non-ortho nitro benzene ring substituents is 1. The molecule has 1 amide bonds.